The van der Waals surface area contributed by atoms with Crippen LogP contribution in [-0.4, -0.2) is 13.7 Å². The summed E-state index contributed by atoms with van der Waals surface area (Å²) in [5.41, 5.74) is 1.46. The molecule has 0 atom stereocenters. The fourth-order valence-corrected chi connectivity index (χ4v) is 1.88. The molecule has 0 spiro atoms. The van der Waals surface area contributed by atoms with Gasteiger partial charge in [-0.1, -0.05) is 6.07 Å². The van der Waals surface area contributed by atoms with Crippen LogP contribution in [0, 0.1) is 11.3 Å². The highest BCUT2D eigenvalue weighted by Crippen LogP contribution is 2.22. The van der Waals surface area contributed by atoms with Crippen LogP contribution in [0.25, 0.3) is 0 Å². The molecular formula is C17H17NO3. The predicted molar refractivity (Wildman–Crippen MR) is 79.7 cm³/mol. The Hall–Kier alpha value is -2.67. The van der Waals surface area contributed by atoms with Crippen molar-refractivity contribution < 1.29 is 14.2 Å². The molecule has 0 heterocycles. The summed E-state index contributed by atoms with van der Waals surface area (Å²) in [7, 11) is 1.55. The number of ether oxygens (including phenoxy) is 3. The van der Waals surface area contributed by atoms with Gasteiger partial charge in [0.05, 0.1) is 19.3 Å². The van der Waals surface area contributed by atoms with E-state index in [1.807, 2.05) is 43.3 Å². The molecule has 2 rings (SSSR count). The lowest BCUT2D eigenvalue weighted by Gasteiger charge is -2.09. The SMILES string of the molecule is CCOc1ccc(OCc2ccc(C#N)c(OC)c2)cc1. The van der Waals surface area contributed by atoms with Gasteiger partial charge >= 0.3 is 0 Å². The number of hydrogen-bond donors (Lipinski definition) is 0. The molecule has 21 heavy (non-hydrogen) atoms. The molecule has 4 nitrogen and oxygen atoms in total. The molecule has 2 aromatic rings. The van der Waals surface area contributed by atoms with Gasteiger partial charge in [-0.15, -0.1) is 0 Å². The third kappa shape index (κ3) is 3.90. The first kappa shape index (κ1) is 14.7. The van der Waals surface area contributed by atoms with Gasteiger partial charge in [-0.25, -0.2) is 0 Å². The van der Waals surface area contributed by atoms with Crippen molar-refractivity contribution in [2.45, 2.75) is 13.5 Å². The molecule has 0 fully saturated rings. The highest BCUT2D eigenvalue weighted by atomic mass is 16.5. The zero-order valence-electron chi connectivity index (χ0n) is 12.1. The Kier molecular flexibility index (Phi) is 5.05. The molecule has 0 unspecified atom stereocenters. The van der Waals surface area contributed by atoms with Gasteiger partial charge in [0.25, 0.3) is 0 Å². The van der Waals surface area contributed by atoms with Crippen LogP contribution in [-0.2, 0) is 6.61 Å². The summed E-state index contributed by atoms with van der Waals surface area (Å²) in [6.07, 6.45) is 0. The van der Waals surface area contributed by atoms with Crippen LogP contribution in [0.2, 0.25) is 0 Å². The van der Waals surface area contributed by atoms with Gasteiger partial charge in [-0.05, 0) is 48.9 Å². The maximum Gasteiger partial charge on any atom is 0.137 e. The number of benzene rings is 2. The second-order valence-electron chi connectivity index (χ2n) is 4.34. The summed E-state index contributed by atoms with van der Waals surface area (Å²) < 4.78 is 16.3. The molecule has 108 valence electrons. The van der Waals surface area contributed by atoms with Gasteiger partial charge in [0.15, 0.2) is 0 Å². The molecular weight excluding hydrogens is 266 g/mol. The van der Waals surface area contributed by atoms with Gasteiger partial charge in [0.1, 0.15) is 29.9 Å². The van der Waals surface area contributed by atoms with Crippen LogP contribution in [0.1, 0.15) is 18.1 Å². The monoisotopic (exact) mass is 283 g/mol. The van der Waals surface area contributed by atoms with Crippen molar-refractivity contribution in [3.05, 3.63) is 53.6 Å². The molecule has 4 heteroatoms. The van der Waals surface area contributed by atoms with Crippen LogP contribution in [0.4, 0.5) is 0 Å². The molecule has 0 amide bonds. The normalized spacial score (nSPS) is 9.76. The maximum absolute atomic E-state index is 8.94. The van der Waals surface area contributed by atoms with E-state index in [-0.39, 0.29) is 0 Å². The zero-order chi connectivity index (χ0) is 15.1. The Morgan fingerprint density at radius 3 is 2.24 bits per heavy atom. The maximum atomic E-state index is 8.94. The van der Waals surface area contributed by atoms with Gasteiger partial charge in [0, 0.05) is 0 Å². The van der Waals surface area contributed by atoms with Gasteiger partial charge in [-0.3, -0.25) is 0 Å². The number of rotatable bonds is 6. The first-order valence-electron chi connectivity index (χ1n) is 6.69. The van der Waals surface area contributed by atoms with E-state index < -0.39 is 0 Å². The fraction of sp³-hybridized carbons (Fsp3) is 0.235. The number of nitriles is 1. The first-order chi connectivity index (χ1) is 10.3. The van der Waals surface area contributed by atoms with Gasteiger partial charge in [0.2, 0.25) is 0 Å². The largest absolute Gasteiger partial charge is 0.495 e. The average molecular weight is 283 g/mol. The molecule has 0 N–H and O–H groups in total. The summed E-state index contributed by atoms with van der Waals surface area (Å²) in [5, 5.41) is 8.94. The molecule has 0 saturated carbocycles. The van der Waals surface area contributed by atoms with Crippen molar-refractivity contribution in [3.63, 3.8) is 0 Å². The standard InChI is InChI=1S/C17H17NO3/c1-3-20-15-6-8-16(9-7-15)21-12-13-4-5-14(11-18)17(10-13)19-2/h4-10H,3,12H2,1-2H3. The number of methoxy groups -OCH3 is 1. The van der Waals surface area contributed by atoms with Crippen LogP contribution >= 0.6 is 0 Å². The van der Waals surface area contributed by atoms with Crippen molar-refractivity contribution >= 4 is 0 Å². The highest BCUT2D eigenvalue weighted by Gasteiger charge is 2.04. The highest BCUT2D eigenvalue weighted by molar-refractivity contribution is 5.45. The molecule has 0 saturated heterocycles. The summed E-state index contributed by atoms with van der Waals surface area (Å²) in [4.78, 5) is 0. The predicted octanol–water partition coefficient (Wildman–Crippen LogP) is 3.54. The summed E-state index contributed by atoms with van der Waals surface area (Å²) >= 11 is 0. The van der Waals surface area contributed by atoms with Crippen molar-refractivity contribution in [2.24, 2.45) is 0 Å². The van der Waals surface area contributed by atoms with E-state index in [1.165, 1.54) is 0 Å². The molecule has 0 aliphatic rings. The van der Waals surface area contributed by atoms with E-state index in [9.17, 15) is 0 Å². The Bertz CT molecular complexity index is 629. The molecule has 0 aromatic heterocycles. The minimum atomic E-state index is 0.413. The Morgan fingerprint density at radius 1 is 1.00 bits per heavy atom. The van der Waals surface area contributed by atoms with E-state index in [2.05, 4.69) is 6.07 Å². The number of nitrogens with zero attached hydrogens (tertiary/aromatic N) is 1. The van der Waals surface area contributed by atoms with E-state index >= 15 is 0 Å². The average Bonchev–Trinajstić information content (AvgIpc) is 2.54. The quantitative estimate of drug-likeness (QED) is 0.813. The van der Waals surface area contributed by atoms with E-state index in [0.29, 0.717) is 24.5 Å². The summed E-state index contributed by atoms with van der Waals surface area (Å²) in [6, 6.07) is 15.0. The Morgan fingerprint density at radius 2 is 1.67 bits per heavy atom. The third-order valence-electron chi connectivity index (χ3n) is 2.93. The lowest BCUT2D eigenvalue weighted by molar-refractivity contribution is 0.303. The molecule has 0 radical (unpaired) electrons. The Balaban J connectivity index is 2.01. The summed E-state index contributed by atoms with van der Waals surface area (Å²) in [5.74, 6) is 2.15. The topological polar surface area (TPSA) is 51.5 Å². The van der Waals surface area contributed by atoms with E-state index in [4.69, 9.17) is 19.5 Å². The molecule has 2 aromatic carbocycles. The molecule has 0 aliphatic heterocycles. The smallest absolute Gasteiger partial charge is 0.137 e. The van der Waals surface area contributed by atoms with Crippen molar-refractivity contribution in [1.82, 2.24) is 0 Å². The summed E-state index contributed by atoms with van der Waals surface area (Å²) in [6.45, 7) is 3.00. The second-order valence-corrected chi connectivity index (χ2v) is 4.34. The molecule has 0 bridgehead atoms. The minimum absolute atomic E-state index is 0.413. The first-order valence-corrected chi connectivity index (χ1v) is 6.69. The lowest BCUT2D eigenvalue weighted by Crippen LogP contribution is -1.97. The minimum Gasteiger partial charge on any atom is -0.495 e. The molecule has 0 aliphatic carbocycles. The van der Waals surface area contributed by atoms with Crippen LogP contribution in [0.5, 0.6) is 17.2 Å². The van der Waals surface area contributed by atoms with E-state index in [1.54, 1.807) is 13.2 Å². The third-order valence-corrected chi connectivity index (χ3v) is 2.93. The lowest BCUT2D eigenvalue weighted by atomic mass is 10.1. The zero-order valence-corrected chi connectivity index (χ0v) is 12.1. The van der Waals surface area contributed by atoms with Gasteiger partial charge < -0.3 is 14.2 Å². The Labute approximate surface area is 124 Å². The van der Waals surface area contributed by atoms with Crippen LogP contribution < -0.4 is 14.2 Å². The second kappa shape index (κ2) is 7.20. The van der Waals surface area contributed by atoms with Crippen molar-refractivity contribution in [2.75, 3.05) is 13.7 Å². The van der Waals surface area contributed by atoms with E-state index in [0.717, 1.165) is 17.1 Å². The van der Waals surface area contributed by atoms with Crippen molar-refractivity contribution in [3.8, 4) is 23.3 Å². The van der Waals surface area contributed by atoms with Crippen molar-refractivity contribution in [1.29, 1.82) is 5.26 Å². The van der Waals surface area contributed by atoms with Crippen LogP contribution in [0.15, 0.2) is 42.5 Å². The fourth-order valence-electron chi connectivity index (χ4n) is 1.88. The van der Waals surface area contributed by atoms with Gasteiger partial charge in [-0.2, -0.15) is 5.26 Å². The number of hydrogen-bond acceptors (Lipinski definition) is 4. The van der Waals surface area contributed by atoms with Crippen LogP contribution in [0.3, 0.4) is 0 Å².